The number of ether oxygens (including phenoxy) is 4. The quantitative estimate of drug-likeness (QED) is 0.0440. The first-order valence-corrected chi connectivity index (χ1v) is 15.6. The zero-order valence-electron chi connectivity index (χ0n) is 24.2. The Balaban J connectivity index is 1.41. The van der Waals surface area contributed by atoms with Crippen molar-refractivity contribution in [3.05, 3.63) is 108 Å². The lowest BCUT2D eigenvalue weighted by Gasteiger charge is -2.08. The van der Waals surface area contributed by atoms with Gasteiger partial charge in [0.25, 0.3) is 0 Å². The van der Waals surface area contributed by atoms with Crippen LogP contribution in [0.3, 0.4) is 0 Å². The van der Waals surface area contributed by atoms with Gasteiger partial charge in [0.2, 0.25) is 5.12 Å². The number of carbonyl (C=O) groups is 3. The average Bonchev–Trinajstić information content (AvgIpc) is 3.04. The van der Waals surface area contributed by atoms with E-state index in [0.717, 1.165) is 63.1 Å². The van der Waals surface area contributed by atoms with Crippen molar-refractivity contribution in [2.24, 2.45) is 4.99 Å². The summed E-state index contributed by atoms with van der Waals surface area (Å²) in [4.78, 5) is 40.2. The van der Waals surface area contributed by atoms with Gasteiger partial charge in [-0.15, -0.1) is 0 Å². The van der Waals surface area contributed by atoms with E-state index >= 15 is 0 Å². The van der Waals surface area contributed by atoms with E-state index in [4.69, 9.17) is 18.9 Å². The van der Waals surface area contributed by atoms with Crippen LogP contribution in [0, 0.1) is 0 Å². The first-order chi connectivity index (χ1) is 21.4. The maximum atomic E-state index is 12.8. The zero-order chi connectivity index (χ0) is 31.6. The standard InChI is InChI=1S/C34H34BrNO7S/c1-3-32(37)42-21-7-5-19-40-27-13-9-25(10-14-27)24-36-31-18-17-29(23-30(31)35)44-34(39)26-11-15-28(16-12-26)41-20-6-8-22-43-33(38)4-2/h3-4,9-18,23-24H,1-2,5-8,19-22H2. The smallest absolute Gasteiger partial charge is 0.330 e. The molecule has 3 aromatic rings. The number of thioether (sulfide) groups is 1. The highest BCUT2D eigenvalue weighted by Gasteiger charge is 2.10. The van der Waals surface area contributed by atoms with Crippen LogP contribution in [0.4, 0.5) is 5.69 Å². The third kappa shape index (κ3) is 12.6. The summed E-state index contributed by atoms with van der Waals surface area (Å²) in [6.45, 7) is 8.40. The molecule has 10 heteroatoms. The summed E-state index contributed by atoms with van der Waals surface area (Å²) in [5.74, 6) is 0.575. The average molecular weight is 681 g/mol. The zero-order valence-corrected chi connectivity index (χ0v) is 26.6. The van der Waals surface area contributed by atoms with E-state index in [1.54, 1.807) is 30.5 Å². The first-order valence-electron chi connectivity index (χ1n) is 14.0. The fourth-order valence-corrected chi connectivity index (χ4v) is 4.97. The lowest BCUT2D eigenvalue weighted by atomic mass is 10.2. The molecule has 0 heterocycles. The Morgan fingerprint density at radius 1 is 0.727 bits per heavy atom. The summed E-state index contributed by atoms with van der Waals surface area (Å²) in [5, 5.41) is -0.0813. The summed E-state index contributed by atoms with van der Waals surface area (Å²) in [6, 6.07) is 20.2. The van der Waals surface area contributed by atoms with Gasteiger partial charge < -0.3 is 18.9 Å². The van der Waals surface area contributed by atoms with Crippen molar-refractivity contribution in [3.63, 3.8) is 0 Å². The summed E-state index contributed by atoms with van der Waals surface area (Å²) >= 11 is 4.70. The Bertz CT molecular complexity index is 1440. The molecule has 0 aliphatic rings. The van der Waals surface area contributed by atoms with Gasteiger partial charge in [-0.3, -0.25) is 9.79 Å². The third-order valence-electron chi connectivity index (χ3n) is 5.89. The summed E-state index contributed by atoms with van der Waals surface area (Å²) in [6.07, 6.45) is 6.96. The molecule has 0 aromatic heterocycles. The van der Waals surface area contributed by atoms with Crippen LogP contribution in [-0.4, -0.2) is 49.7 Å². The van der Waals surface area contributed by atoms with Crippen LogP contribution in [0.25, 0.3) is 0 Å². The van der Waals surface area contributed by atoms with Gasteiger partial charge in [-0.05, 0) is 126 Å². The van der Waals surface area contributed by atoms with Gasteiger partial charge in [0.15, 0.2) is 0 Å². The SMILES string of the molecule is C=CC(=O)OCCCCOc1ccc(C=Nc2ccc(SC(=O)c3ccc(OCCCCOC(=O)C=C)cc3)cc2Br)cc1. The predicted octanol–water partition coefficient (Wildman–Crippen LogP) is 7.91. The minimum atomic E-state index is -0.429. The van der Waals surface area contributed by atoms with E-state index in [1.807, 2.05) is 42.5 Å². The Morgan fingerprint density at radius 2 is 1.25 bits per heavy atom. The molecular weight excluding hydrogens is 646 g/mol. The van der Waals surface area contributed by atoms with Gasteiger partial charge in [-0.2, -0.15) is 0 Å². The number of aliphatic imine (C=N–C) groups is 1. The number of esters is 2. The van der Waals surface area contributed by atoms with Gasteiger partial charge >= 0.3 is 11.9 Å². The second-order valence-corrected chi connectivity index (χ2v) is 11.1. The molecule has 0 saturated carbocycles. The van der Waals surface area contributed by atoms with Crippen molar-refractivity contribution in [1.29, 1.82) is 0 Å². The number of rotatable bonds is 18. The number of hydrogen-bond acceptors (Lipinski definition) is 9. The van der Waals surface area contributed by atoms with E-state index in [1.165, 1.54) is 0 Å². The van der Waals surface area contributed by atoms with E-state index in [0.29, 0.717) is 50.6 Å². The van der Waals surface area contributed by atoms with Gasteiger partial charge in [0, 0.05) is 33.3 Å². The van der Waals surface area contributed by atoms with Crippen LogP contribution in [0.5, 0.6) is 11.5 Å². The van der Waals surface area contributed by atoms with Gasteiger partial charge in [0.05, 0.1) is 32.1 Å². The molecule has 3 aromatic carbocycles. The molecule has 0 bridgehead atoms. The van der Waals surface area contributed by atoms with E-state index in [9.17, 15) is 14.4 Å². The van der Waals surface area contributed by atoms with Crippen LogP contribution in [-0.2, 0) is 19.1 Å². The Kier molecular flexibility index (Phi) is 15.0. The molecular formula is C34H34BrNO7S. The molecule has 0 amide bonds. The number of hydrogen-bond donors (Lipinski definition) is 0. The third-order valence-corrected chi connectivity index (χ3v) is 7.44. The van der Waals surface area contributed by atoms with Gasteiger partial charge in [0.1, 0.15) is 11.5 Å². The fraction of sp³-hybridized carbons (Fsp3) is 0.235. The van der Waals surface area contributed by atoms with Crippen LogP contribution in [0.1, 0.15) is 41.6 Å². The lowest BCUT2D eigenvalue weighted by Crippen LogP contribution is -2.04. The lowest BCUT2D eigenvalue weighted by molar-refractivity contribution is -0.138. The van der Waals surface area contributed by atoms with Crippen LogP contribution >= 0.6 is 27.7 Å². The number of benzene rings is 3. The van der Waals surface area contributed by atoms with Gasteiger partial charge in [-0.1, -0.05) is 13.2 Å². The van der Waals surface area contributed by atoms with Crippen molar-refractivity contribution in [2.45, 2.75) is 30.6 Å². The Labute approximate surface area is 270 Å². The van der Waals surface area contributed by atoms with Crippen molar-refractivity contribution < 1.29 is 33.3 Å². The normalized spacial score (nSPS) is 10.7. The van der Waals surface area contributed by atoms with Crippen LogP contribution in [0.15, 0.2) is 106 Å². The van der Waals surface area contributed by atoms with E-state index in [2.05, 4.69) is 34.1 Å². The molecule has 3 rings (SSSR count). The molecule has 0 spiro atoms. The highest BCUT2D eigenvalue weighted by molar-refractivity contribution is 9.10. The molecule has 0 radical (unpaired) electrons. The summed E-state index contributed by atoms with van der Waals surface area (Å²) in [7, 11) is 0. The molecule has 0 atom stereocenters. The molecule has 0 aliphatic carbocycles. The maximum Gasteiger partial charge on any atom is 0.330 e. The number of carbonyl (C=O) groups excluding carboxylic acids is 3. The predicted molar refractivity (Wildman–Crippen MR) is 176 cm³/mol. The summed E-state index contributed by atoms with van der Waals surface area (Å²) < 4.78 is 22.1. The maximum absolute atomic E-state index is 12.8. The molecule has 0 unspecified atom stereocenters. The fourth-order valence-electron chi connectivity index (χ4n) is 3.55. The minimum absolute atomic E-state index is 0.0813. The molecule has 0 saturated heterocycles. The second-order valence-electron chi connectivity index (χ2n) is 9.21. The van der Waals surface area contributed by atoms with Crippen LogP contribution in [0.2, 0.25) is 0 Å². The van der Waals surface area contributed by atoms with Crippen molar-refractivity contribution in [2.75, 3.05) is 26.4 Å². The monoisotopic (exact) mass is 679 g/mol. The number of halogens is 1. The Hall–Kier alpha value is -4.15. The number of nitrogens with zero attached hydrogens (tertiary/aromatic N) is 1. The van der Waals surface area contributed by atoms with Crippen molar-refractivity contribution in [1.82, 2.24) is 0 Å². The Morgan fingerprint density at radius 3 is 1.77 bits per heavy atom. The van der Waals surface area contributed by atoms with E-state index in [-0.39, 0.29) is 5.12 Å². The largest absolute Gasteiger partial charge is 0.494 e. The minimum Gasteiger partial charge on any atom is -0.494 e. The highest BCUT2D eigenvalue weighted by Crippen LogP contribution is 2.32. The summed E-state index contributed by atoms with van der Waals surface area (Å²) in [5.41, 5.74) is 2.22. The molecule has 0 aliphatic heterocycles. The topological polar surface area (TPSA) is 100 Å². The molecule has 44 heavy (non-hydrogen) atoms. The molecule has 0 fully saturated rings. The highest BCUT2D eigenvalue weighted by atomic mass is 79.9. The molecule has 8 nitrogen and oxygen atoms in total. The number of unbranched alkanes of at least 4 members (excludes halogenated alkanes) is 2. The van der Waals surface area contributed by atoms with E-state index < -0.39 is 11.9 Å². The molecule has 0 N–H and O–H groups in total. The van der Waals surface area contributed by atoms with Gasteiger partial charge in [-0.25, -0.2) is 9.59 Å². The van der Waals surface area contributed by atoms with Crippen molar-refractivity contribution >= 4 is 56.6 Å². The molecule has 230 valence electrons. The van der Waals surface area contributed by atoms with Crippen molar-refractivity contribution in [3.8, 4) is 11.5 Å². The van der Waals surface area contributed by atoms with Crippen LogP contribution < -0.4 is 9.47 Å². The first kappa shape index (κ1) is 34.3. The second kappa shape index (κ2) is 19.2.